The molecular formula is C16H22N2S. The summed E-state index contributed by atoms with van der Waals surface area (Å²) in [5, 5.41) is 4.64. The van der Waals surface area contributed by atoms with E-state index in [4.69, 9.17) is 4.99 Å². The van der Waals surface area contributed by atoms with Gasteiger partial charge < -0.3 is 5.32 Å². The molecule has 2 nitrogen and oxygen atoms in total. The normalized spacial score (nSPS) is 21.5. The van der Waals surface area contributed by atoms with Gasteiger partial charge in [0.1, 0.15) is 0 Å². The van der Waals surface area contributed by atoms with Crippen LogP contribution in [0.3, 0.4) is 0 Å². The molecule has 1 aliphatic carbocycles. The van der Waals surface area contributed by atoms with Crippen LogP contribution in [-0.2, 0) is 0 Å². The summed E-state index contributed by atoms with van der Waals surface area (Å²) in [5.74, 6) is 1.17. The van der Waals surface area contributed by atoms with Crippen molar-refractivity contribution in [3.05, 3.63) is 29.3 Å². The molecule has 1 N–H and O–H groups in total. The molecule has 19 heavy (non-hydrogen) atoms. The summed E-state index contributed by atoms with van der Waals surface area (Å²) in [6.07, 6.45) is 6.64. The molecule has 2 aliphatic rings. The summed E-state index contributed by atoms with van der Waals surface area (Å²) in [5.41, 5.74) is 4.06. The van der Waals surface area contributed by atoms with Crippen LogP contribution in [0.4, 0.5) is 5.69 Å². The van der Waals surface area contributed by atoms with Gasteiger partial charge >= 0.3 is 0 Å². The van der Waals surface area contributed by atoms with Gasteiger partial charge in [-0.05, 0) is 38.3 Å². The largest absolute Gasteiger partial charge is 0.335 e. The van der Waals surface area contributed by atoms with Crippen LogP contribution in [0.25, 0.3) is 0 Å². The van der Waals surface area contributed by atoms with E-state index in [-0.39, 0.29) is 5.54 Å². The minimum atomic E-state index is 0.254. The maximum absolute atomic E-state index is 5.01. The van der Waals surface area contributed by atoms with Crippen molar-refractivity contribution >= 4 is 22.6 Å². The molecule has 0 aromatic heterocycles. The molecule has 3 heteroatoms. The Morgan fingerprint density at radius 2 is 1.95 bits per heavy atom. The summed E-state index contributed by atoms with van der Waals surface area (Å²) in [6.45, 7) is 4.29. The van der Waals surface area contributed by atoms with Crippen molar-refractivity contribution in [3.63, 3.8) is 0 Å². The monoisotopic (exact) mass is 274 g/mol. The molecule has 0 radical (unpaired) electrons. The number of nitrogens with one attached hydrogen (secondary N) is 1. The van der Waals surface area contributed by atoms with E-state index in [9.17, 15) is 0 Å². The third-order valence-electron chi connectivity index (χ3n) is 4.22. The zero-order chi connectivity index (χ0) is 13.3. The topological polar surface area (TPSA) is 24.4 Å². The van der Waals surface area contributed by atoms with Gasteiger partial charge in [-0.3, -0.25) is 4.99 Å². The van der Waals surface area contributed by atoms with E-state index in [1.54, 1.807) is 0 Å². The number of hydrogen-bond acceptors (Lipinski definition) is 3. The Kier molecular flexibility index (Phi) is 3.57. The van der Waals surface area contributed by atoms with E-state index in [0.29, 0.717) is 0 Å². The lowest BCUT2D eigenvalue weighted by Crippen LogP contribution is -2.29. The minimum Gasteiger partial charge on any atom is -0.335 e. The Balaban J connectivity index is 1.75. The predicted molar refractivity (Wildman–Crippen MR) is 85.2 cm³/mol. The van der Waals surface area contributed by atoms with Gasteiger partial charge in [-0.2, -0.15) is 0 Å². The van der Waals surface area contributed by atoms with Crippen LogP contribution in [0.2, 0.25) is 0 Å². The first-order valence-electron chi connectivity index (χ1n) is 7.24. The minimum absolute atomic E-state index is 0.254. The van der Waals surface area contributed by atoms with Crippen molar-refractivity contribution in [1.29, 1.82) is 0 Å². The number of thioether (sulfide) groups is 1. The van der Waals surface area contributed by atoms with E-state index in [1.165, 1.54) is 54.7 Å². The first-order valence-corrected chi connectivity index (χ1v) is 8.22. The first kappa shape index (κ1) is 13.0. The summed E-state index contributed by atoms with van der Waals surface area (Å²) in [6, 6.07) is 6.55. The number of rotatable bonds is 1. The Hall–Kier alpha value is -0.960. The summed E-state index contributed by atoms with van der Waals surface area (Å²) in [7, 11) is 0. The second-order valence-electron chi connectivity index (χ2n) is 5.93. The van der Waals surface area contributed by atoms with Crippen LogP contribution in [0.15, 0.2) is 23.2 Å². The summed E-state index contributed by atoms with van der Waals surface area (Å²) in [4.78, 5) is 5.01. The molecule has 0 unspecified atom stereocenters. The predicted octanol–water partition coefficient (Wildman–Crippen LogP) is 4.52. The Labute approximate surface area is 120 Å². The van der Waals surface area contributed by atoms with Gasteiger partial charge in [-0.15, -0.1) is 0 Å². The van der Waals surface area contributed by atoms with E-state index in [2.05, 4.69) is 37.4 Å². The quantitative estimate of drug-likeness (QED) is 0.814. The highest BCUT2D eigenvalue weighted by Crippen LogP contribution is 2.40. The SMILES string of the molecule is Cc1ccc(NC2=NC3(CCCCC3)CS2)c(C)c1. The van der Waals surface area contributed by atoms with Crippen LogP contribution in [-0.4, -0.2) is 16.5 Å². The van der Waals surface area contributed by atoms with Crippen LogP contribution in [0, 0.1) is 13.8 Å². The number of benzene rings is 1. The number of anilines is 1. The molecular weight excluding hydrogens is 252 g/mol. The molecule has 1 saturated carbocycles. The Bertz CT molecular complexity index is 501. The Morgan fingerprint density at radius 3 is 2.68 bits per heavy atom. The second-order valence-corrected chi connectivity index (χ2v) is 6.90. The van der Waals surface area contributed by atoms with E-state index >= 15 is 0 Å². The highest BCUT2D eigenvalue weighted by molar-refractivity contribution is 8.14. The van der Waals surface area contributed by atoms with Crippen molar-refractivity contribution in [2.45, 2.75) is 51.5 Å². The lowest BCUT2D eigenvalue weighted by atomic mass is 9.84. The molecule has 0 atom stereocenters. The zero-order valence-electron chi connectivity index (χ0n) is 11.8. The van der Waals surface area contributed by atoms with Crippen LogP contribution in [0.5, 0.6) is 0 Å². The molecule has 102 valence electrons. The van der Waals surface area contributed by atoms with Crippen molar-refractivity contribution in [2.75, 3.05) is 11.1 Å². The van der Waals surface area contributed by atoms with Gasteiger partial charge in [0, 0.05) is 11.4 Å². The zero-order valence-corrected chi connectivity index (χ0v) is 12.6. The van der Waals surface area contributed by atoms with Crippen molar-refractivity contribution in [3.8, 4) is 0 Å². The third-order valence-corrected chi connectivity index (χ3v) is 5.37. The van der Waals surface area contributed by atoms with E-state index < -0.39 is 0 Å². The van der Waals surface area contributed by atoms with Crippen molar-refractivity contribution in [1.82, 2.24) is 0 Å². The number of aliphatic imine (C=N–C) groups is 1. The fourth-order valence-electron chi connectivity index (χ4n) is 3.08. The first-order chi connectivity index (χ1) is 9.17. The average Bonchev–Trinajstić information content (AvgIpc) is 2.77. The number of hydrogen-bond donors (Lipinski definition) is 1. The van der Waals surface area contributed by atoms with Gasteiger partial charge in [0.15, 0.2) is 5.17 Å². The lowest BCUT2D eigenvalue weighted by Gasteiger charge is -2.29. The average molecular weight is 274 g/mol. The molecule has 1 heterocycles. The molecule has 1 fully saturated rings. The molecule has 1 aromatic rings. The van der Waals surface area contributed by atoms with Crippen LogP contribution in [0.1, 0.15) is 43.2 Å². The molecule has 1 spiro atoms. The van der Waals surface area contributed by atoms with Gasteiger partial charge in [0.25, 0.3) is 0 Å². The number of amidine groups is 1. The fourth-order valence-corrected chi connectivity index (χ4v) is 4.28. The van der Waals surface area contributed by atoms with Gasteiger partial charge in [-0.25, -0.2) is 0 Å². The van der Waals surface area contributed by atoms with E-state index in [1.807, 2.05) is 11.8 Å². The lowest BCUT2D eigenvalue weighted by molar-refractivity contribution is 0.335. The van der Waals surface area contributed by atoms with Crippen LogP contribution < -0.4 is 5.32 Å². The number of nitrogens with zero attached hydrogens (tertiary/aromatic N) is 1. The molecule has 1 aromatic carbocycles. The molecule has 3 rings (SSSR count). The van der Waals surface area contributed by atoms with Crippen molar-refractivity contribution < 1.29 is 0 Å². The highest BCUT2D eigenvalue weighted by atomic mass is 32.2. The Morgan fingerprint density at radius 1 is 1.16 bits per heavy atom. The third kappa shape index (κ3) is 2.81. The molecule has 1 aliphatic heterocycles. The molecule has 0 saturated heterocycles. The highest BCUT2D eigenvalue weighted by Gasteiger charge is 2.36. The fraction of sp³-hybridized carbons (Fsp3) is 0.562. The van der Waals surface area contributed by atoms with Gasteiger partial charge in [0.2, 0.25) is 0 Å². The standard InChI is InChI=1S/C16H22N2S/c1-12-6-7-14(13(2)10-12)17-15-18-16(11-19-15)8-4-3-5-9-16/h6-7,10H,3-5,8-9,11H2,1-2H3,(H,17,18). The summed E-state index contributed by atoms with van der Waals surface area (Å²) < 4.78 is 0. The smallest absolute Gasteiger partial charge is 0.161 e. The van der Waals surface area contributed by atoms with Gasteiger partial charge in [-0.1, -0.05) is 48.7 Å². The number of aryl methyl sites for hydroxylation is 2. The van der Waals surface area contributed by atoms with Gasteiger partial charge in [0.05, 0.1) is 5.54 Å². The molecule has 0 bridgehead atoms. The van der Waals surface area contributed by atoms with Crippen molar-refractivity contribution in [2.24, 2.45) is 4.99 Å². The second kappa shape index (κ2) is 5.20. The maximum atomic E-state index is 5.01. The van der Waals surface area contributed by atoms with Crippen LogP contribution >= 0.6 is 11.8 Å². The summed E-state index contributed by atoms with van der Waals surface area (Å²) >= 11 is 1.89. The maximum Gasteiger partial charge on any atom is 0.161 e. The molecule has 0 amide bonds. The van der Waals surface area contributed by atoms with E-state index in [0.717, 1.165) is 5.17 Å².